The summed E-state index contributed by atoms with van der Waals surface area (Å²) in [5.41, 5.74) is 2.72. The number of carbonyl (C=O) groups is 1. The number of aryl methyl sites for hydroxylation is 1. The SMILES string of the molecule is Cc1ccc(C(=O)NCc2ccc(N3CCOCC3)nc2)n1C. The van der Waals surface area contributed by atoms with E-state index in [0.717, 1.165) is 43.4 Å². The standard InChI is InChI=1S/C17H22N4O2/c1-13-3-5-15(20(13)2)17(22)19-12-14-4-6-16(18-11-14)21-7-9-23-10-8-21/h3-6,11H,7-10,12H2,1-2H3,(H,19,22). The third-order valence-electron chi connectivity index (χ3n) is 4.20. The highest BCUT2D eigenvalue weighted by atomic mass is 16.5. The molecule has 122 valence electrons. The number of hydrogen-bond donors (Lipinski definition) is 1. The molecule has 0 unspecified atom stereocenters. The average molecular weight is 314 g/mol. The molecule has 0 radical (unpaired) electrons. The third kappa shape index (κ3) is 3.53. The zero-order chi connectivity index (χ0) is 16.2. The monoisotopic (exact) mass is 314 g/mol. The van der Waals surface area contributed by atoms with Crippen LogP contribution >= 0.6 is 0 Å². The highest BCUT2D eigenvalue weighted by molar-refractivity contribution is 5.92. The van der Waals surface area contributed by atoms with E-state index in [1.54, 1.807) is 0 Å². The van der Waals surface area contributed by atoms with Crippen molar-refractivity contribution in [3.05, 3.63) is 47.4 Å². The van der Waals surface area contributed by atoms with Gasteiger partial charge in [-0.1, -0.05) is 6.07 Å². The van der Waals surface area contributed by atoms with Crippen LogP contribution in [0.25, 0.3) is 0 Å². The fourth-order valence-corrected chi connectivity index (χ4v) is 2.61. The van der Waals surface area contributed by atoms with Crippen molar-refractivity contribution in [3.63, 3.8) is 0 Å². The molecule has 23 heavy (non-hydrogen) atoms. The summed E-state index contributed by atoms with van der Waals surface area (Å²) in [7, 11) is 1.89. The number of pyridine rings is 1. The van der Waals surface area contributed by atoms with Gasteiger partial charge in [-0.3, -0.25) is 4.79 Å². The molecule has 1 aliphatic rings. The smallest absolute Gasteiger partial charge is 0.268 e. The quantitative estimate of drug-likeness (QED) is 0.929. The van der Waals surface area contributed by atoms with E-state index in [2.05, 4.69) is 15.2 Å². The number of anilines is 1. The number of nitrogens with zero attached hydrogens (tertiary/aromatic N) is 3. The van der Waals surface area contributed by atoms with Crippen LogP contribution in [-0.2, 0) is 18.3 Å². The highest BCUT2D eigenvalue weighted by Gasteiger charge is 2.13. The van der Waals surface area contributed by atoms with Gasteiger partial charge in [-0.05, 0) is 30.7 Å². The Bertz CT molecular complexity index is 672. The molecule has 0 spiro atoms. The molecule has 2 aromatic heterocycles. The Balaban J connectivity index is 1.58. The van der Waals surface area contributed by atoms with Gasteiger partial charge in [0.15, 0.2) is 0 Å². The van der Waals surface area contributed by atoms with Crippen molar-refractivity contribution < 1.29 is 9.53 Å². The number of morpholine rings is 1. The zero-order valence-corrected chi connectivity index (χ0v) is 13.6. The minimum absolute atomic E-state index is 0.0714. The number of rotatable bonds is 4. The molecule has 3 rings (SSSR count). The number of amides is 1. The van der Waals surface area contributed by atoms with Crippen LogP contribution < -0.4 is 10.2 Å². The van der Waals surface area contributed by atoms with Crippen molar-refractivity contribution in [3.8, 4) is 0 Å². The topological polar surface area (TPSA) is 59.4 Å². The molecule has 1 amide bonds. The Morgan fingerprint density at radius 1 is 1.26 bits per heavy atom. The summed E-state index contributed by atoms with van der Waals surface area (Å²) in [6.45, 7) is 5.68. The van der Waals surface area contributed by atoms with E-state index in [1.807, 2.05) is 49.0 Å². The van der Waals surface area contributed by atoms with Gasteiger partial charge < -0.3 is 19.5 Å². The summed E-state index contributed by atoms with van der Waals surface area (Å²) in [6.07, 6.45) is 1.82. The molecular formula is C17H22N4O2. The minimum atomic E-state index is -0.0714. The molecule has 1 N–H and O–H groups in total. The van der Waals surface area contributed by atoms with Gasteiger partial charge in [0.05, 0.1) is 13.2 Å². The maximum absolute atomic E-state index is 12.2. The second kappa shape index (κ2) is 6.83. The molecule has 3 heterocycles. The van der Waals surface area contributed by atoms with Crippen LogP contribution in [0.15, 0.2) is 30.5 Å². The Morgan fingerprint density at radius 3 is 2.65 bits per heavy atom. The summed E-state index contributed by atoms with van der Waals surface area (Å²) in [5.74, 6) is 0.888. The number of aromatic nitrogens is 2. The van der Waals surface area contributed by atoms with Crippen LogP contribution in [0.2, 0.25) is 0 Å². The van der Waals surface area contributed by atoms with E-state index in [0.29, 0.717) is 12.2 Å². The Labute approximate surface area is 136 Å². The van der Waals surface area contributed by atoms with Gasteiger partial charge >= 0.3 is 0 Å². The van der Waals surface area contributed by atoms with Gasteiger partial charge in [0.25, 0.3) is 5.91 Å². The largest absolute Gasteiger partial charge is 0.378 e. The van der Waals surface area contributed by atoms with E-state index < -0.39 is 0 Å². The lowest BCUT2D eigenvalue weighted by Crippen LogP contribution is -2.36. The van der Waals surface area contributed by atoms with Gasteiger partial charge in [0, 0.05) is 38.6 Å². The van der Waals surface area contributed by atoms with E-state index >= 15 is 0 Å². The number of nitrogens with one attached hydrogen (secondary N) is 1. The molecule has 6 heteroatoms. The normalized spacial score (nSPS) is 14.8. The molecule has 6 nitrogen and oxygen atoms in total. The fourth-order valence-electron chi connectivity index (χ4n) is 2.61. The zero-order valence-electron chi connectivity index (χ0n) is 13.6. The lowest BCUT2D eigenvalue weighted by Gasteiger charge is -2.27. The molecular weight excluding hydrogens is 292 g/mol. The van der Waals surface area contributed by atoms with Gasteiger partial charge in [-0.2, -0.15) is 0 Å². The number of carbonyl (C=O) groups excluding carboxylic acids is 1. The van der Waals surface area contributed by atoms with Gasteiger partial charge in [0.2, 0.25) is 0 Å². The molecule has 0 atom stereocenters. The lowest BCUT2D eigenvalue weighted by atomic mass is 10.2. The highest BCUT2D eigenvalue weighted by Crippen LogP contribution is 2.13. The minimum Gasteiger partial charge on any atom is -0.378 e. The van der Waals surface area contributed by atoms with E-state index in [1.165, 1.54) is 0 Å². The van der Waals surface area contributed by atoms with E-state index in [9.17, 15) is 4.79 Å². The fraction of sp³-hybridized carbons (Fsp3) is 0.412. The van der Waals surface area contributed by atoms with Crippen molar-refractivity contribution in [2.24, 2.45) is 7.05 Å². The number of hydrogen-bond acceptors (Lipinski definition) is 4. The molecule has 0 aliphatic carbocycles. The summed E-state index contributed by atoms with van der Waals surface area (Å²) < 4.78 is 7.23. The van der Waals surface area contributed by atoms with E-state index in [-0.39, 0.29) is 5.91 Å². The Kier molecular flexibility index (Phi) is 4.62. The van der Waals surface area contributed by atoms with Gasteiger partial charge in [0.1, 0.15) is 11.5 Å². The Hall–Kier alpha value is -2.34. The first kappa shape index (κ1) is 15.6. The third-order valence-corrected chi connectivity index (χ3v) is 4.20. The first-order chi connectivity index (χ1) is 11.1. The van der Waals surface area contributed by atoms with Crippen LogP contribution in [0, 0.1) is 6.92 Å². The maximum Gasteiger partial charge on any atom is 0.268 e. The first-order valence-corrected chi connectivity index (χ1v) is 7.83. The summed E-state index contributed by atoms with van der Waals surface area (Å²) in [4.78, 5) is 18.9. The van der Waals surface area contributed by atoms with Crippen molar-refractivity contribution in [1.29, 1.82) is 0 Å². The molecule has 0 bridgehead atoms. The van der Waals surface area contributed by atoms with Crippen molar-refractivity contribution in [2.45, 2.75) is 13.5 Å². The average Bonchev–Trinajstić information content (AvgIpc) is 2.93. The van der Waals surface area contributed by atoms with Crippen LogP contribution in [0.5, 0.6) is 0 Å². The van der Waals surface area contributed by atoms with Crippen molar-refractivity contribution in [2.75, 3.05) is 31.2 Å². The van der Waals surface area contributed by atoms with Gasteiger partial charge in [-0.15, -0.1) is 0 Å². The second-order valence-corrected chi connectivity index (χ2v) is 5.73. The molecule has 0 saturated carbocycles. The first-order valence-electron chi connectivity index (χ1n) is 7.83. The van der Waals surface area contributed by atoms with Crippen LogP contribution in [0.3, 0.4) is 0 Å². The van der Waals surface area contributed by atoms with Crippen molar-refractivity contribution >= 4 is 11.7 Å². The van der Waals surface area contributed by atoms with Crippen LogP contribution in [0.1, 0.15) is 21.7 Å². The summed E-state index contributed by atoms with van der Waals surface area (Å²) in [6, 6.07) is 7.78. The molecule has 1 saturated heterocycles. The number of ether oxygens (including phenoxy) is 1. The lowest BCUT2D eigenvalue weighted by molar-refractivity contribution is 0.0942. The van der Waals surface area contributed by atoms with Crippen LogP contribution in [0.4, 0.5) is 5.82 Å². The Morgan fingerprint density at radius 2 is 2.04 bits per heavy atom. The maximum atomic E-state index is 12.2. The molecule has 1 fully saturated rings. The summed E-state index contributed by atoms with van der Waals surface area (Å²) >= 11 is 0. The van der Waals surface area contributed by atoms with Crippen molar-refractivity contribution in [1.82, 2.24) is 14.9 Å². The van der Waals surface area contributed by atoms with E-state index in [4.69, 9.17) is 4.74 Å². The molecule has 1 aliphatic heterocycles. The second-order valence-electron chi connectivity index (χ2n) is 5.73. The molecule has 2 aromatic rings. The van der Waals surface area contributed by atoms with Gasteiger partial charge in [-0.25, -0.2) is 4.98 Å². The van der Waals surface area contributed by atoms with Crippen LogP contribution in [-0.4, -0.2) is 41.8 Å². The molecule has 0 aromatic carbocycles. The predicted octanol–water partition coefficient (Wildman–Crippen LogP) is 1.50. The predicted molar refractivity (Wildman–Crippen MR) is 88.6 cm³/mol. The summed E-state index contributed by atoms with van der Waals surface area (Å²) in [5, 5.41) is 2.94.